The molecule has 18 heteroatoms. The Labute approximate surface area is 255 Å². The van der Waals surface area contributed by atoms with E-state index in [1.165, 1.54) is 6.92 Å². The fourth-order valence-corrected chi connectivity index (χ4v) is 3.89. The van der Waals surface area contributed by atoms with Crippen LogP contribution in [0.3, 0.4) is 0 Å². The number of aliphatic hydroxyl groups excluding tert-OH is 2. The Morgan fingerprint density at radius 3 is 1.67 bits per heavy atom. The van der Waals surface area contributed by atoms with Gasteiger partial charge >= 0.3 is 5.97 Å². The molecule has 0 spiro atoms. The normalized spacial score (nSPS) is 16.1. The number of thiol groups is 2. The maximum Gasteiger partial charge on any atom is 0.326 e. The van der Waals surface area contributed by atoms with Gasteiger partial charge in [-0.3, -0.25) is 24.0 Å². The van der Waals surface area contributed by atoms with E-state index in [1.807, 2.05) is 0 Å². The number of unbranched alkanes of at least 4 members (excludes halogenated alkanes) is 1. The van der Waals surface area contributed by atoms with Gasteiger partial charge in [0, 0.05) is 11.5 Å². The molecule has 0 saturated carbocycles. The molecule has 0 radical (unpaired) electrons. The fraction of sp³-hybridized carbons (Fsp3) is 0.750. The molecular formula is C24H45N7O9S2. The highest BCUT2D eigenvalue weighted by Crippen LogP contribution is 2.06. The first kappa shape index (κ1) is 39.4. The van der Waals surface area contributed by atoms with Crippen LogP contribution in [-0.4, -0.2) is 118 Å². The number of carbonyl (C=O) groups excluding carboxylic acids is 5. The second-order valence-corrected chi connectivity index (χ2v) is 10.6. The summed E-state index contributed by atoms with van der Waals surface area (Å²) in [6.07, 6.45) is -0.344. The summed E-state index contributed by atoms with van der Waals surface area (Å²) >= 11 is 7.95. The molecule has 0 aliphatic rings. The Morgan fingerprint density at radius 2 is 1.21 bits per heavy atom. The fourth-order valence-electron chi connectivity index (χ4n) is 3.47. The van der Waals surface area contributed by atoms with Crippen molar-refractivity contribution in [1.29, 1.82) is 0 Å². The van der Waals surface area contributed by atoms with E-state index in [0.717, 1.165) is 0 Å². The summed E-state index contributed by atoms with van der Waals surface area (Å²) in [5.74, 6) is -6.42. The van der Waals surface area contributed by atoms with Gasteiger partial charge in [0.2, 0.25) is 29.5 Å². The van der Waals surface area contributed by atoms with Crippen molar-refractivity contribution in [1.82, 2.24) is 26.6 Å². The molecule has 0 heterocycles. The Balaban J connectivity index is 5.56. The number of carboxylic acids is 1. The van der Waals surface area contributed by atoms with E-state index in [-0.39, 0.29) is 17.9 Å². The molecule has 0 aliphatic carbocycles. The smallest absolute Gasteiger partial charge is 0.326 e. The summed E-state index contributed by atoms with van der Waals surface area (Å²) in [6.45, 7) is 3.93. The van der Waals surface area contributed by atoms with Gasteiger partial charge in [-0.2, -0.15) is 25.3 Å². The summed E-state index contributed by atoms with van der Waals surface area (Å²) in [7, 11) is 0. The van der Waals surface area contributed by atoms with Gasteiger partial charge < -0.3 is 53.4 Å². The Bertz CT molecular complexity index is 927. The summed E-state index contributed by atoms with van der Waals surface area (Å²) in [6, 6.07) is -7.88. The van der Waals surface area contributed by atoms with Crippen molar-refractivity contribution in [3.05, 3.63) is 0 Å². The van der Waals surface area contributed by atoms with Crippen molar-refractivity contribution in [2.75, 3.05) is 24.7 Å². The molecule has 0 aromatic heterocycles. The zero-order valence-corrected chi connectivity index (χ0v) is 25.7. The average molecular weight is 640 g/mol. The van der Waals surface area contributed by atoms with E-state index in [9.17, 15) is 44.1 Å². The molecule has 42 heavy (non-hydrogen) atoms. The number of hydrogen-bond acceptors (Lipinski definition) is 12. The highest BCUT2D eigenvalue weighted by Gasteiger charge is 2.35. The van der Waals surface area contributed by atoms with Crippen molar-refractivity contribution in [2.24, 2.45) is 17.4 Å². The molecule has 12 N–H and O–H groups in total. The zero-order valence-electron chi connectivity index (χ0n) is 23.9. The second-order valence-electron chi connectivity index (χ2n) is 9.92. The van der Waals surface area contributed by atoms with Crippen LogP contribution in [0.4, 0.5) is 0 Å². The first-order chi connectivity index (χ1) is 19.6. The zero-order chi connectivity index (χ0) is 32.6. The molecule has 0 fully saturated rings. The molecule has 0 aromatic carbocycles. The molecule has 7 atom stereocenters. The monoisotopic (exact) mass is 639 g/mol. The van der Waals surface area contributed by atoms with Gasteiger partial charge in [0.15, 0.2) is 0 Å². The molecule has 0 aliphatic heterocycles. The van der Waals surface area contributed by atoms with E-state index in [2.05, 4.69) is 51.8 Å². The minimum absolute atomic E-state index is 0.0178. The highest BCUT2D eigenvalue weighted by molar-refractivity contribution is 7.80. The number of hydrogen-bond donors (Lipinski definition) is 12. The lowest BCUT2D eigenvalue weighted by Crippen LogP contribution is -2.62. The second kappa shape index (κ2) is 20.3. The molecular weight excluding hydrogens is 594 g/mol. The molecule has 16 nitrogen and oxygen atoms in total. The minimum Gasteiger partial charge on any atom is -0.480 e. The lowest BCUT2D eigenvalue weighted by Gasteiger charge is -2.29. The predicted molar refractivity (Wildman–Crippen MR) is 159 cm³/mol. The minimum atomic E-state index is -1.59. The van der Waals surface area contributed by atoms with E-state index < -0.39 is 90.4 Å². The van der Waals surface area contributed by atoms with E-state index >= 15 is 0 Å². The Morgan fingerprint density at radius 1 is 0.714 bits per heavy atom. The highest BCUT2D eigenvalue weighted by atomic mass is 32.1. The van der Waals surface area contributed by atoms with E-state index in [1.54, 1.807) is 13.8 Å². The molecule has 0 rings (SSSR count). The number of carboxylic acid groups (broad SMARTS) is 1. The number of carbonyl (C=O) groups is 6. The van der Waals surface area contributed by atoms with Crippen molar-refractivity contribution in [2.45, 2.75) is 82.4 Å². The standard InChI is InChI=1S/C24H45N7O9S2/c1-11(2)17(30-20(35)15(8-32)28-19(34)13(26)9-41)22(37)31-18(12(3)33)23(38)29-16(10-42)21(36)27-14(24(39)40)6-4-5-7-25/h11-18,32-33,41-42H,4-10,25-26H2,1-3H3,(H,27,36)(H,28,34)(H,29,38)(H,30,35)(H,31,37)(H,39,40). The third-order valence-corrected chi connectivity index (χ3v) is 6.79. The first-order valence-electron chi connectivity index (χ1n) is 13.4. The van der Waals surface area contributed by atoms with Crippen LogP contribution in [0.15, 0.2) is 0 Å². The van der Waals surface area contributed by atoms with Crippen LogP contribution < -0.4 is 38.1 Å². The SMILES string of the molecule is CC(C)C(NC(=O)C(CO)NC(=O)C(N)CS)C(=O)NC(C(=O)NC(CS)C(=O)NC(CCCCN)C(=O)O)C(C)O. The van der Waals surface area contributed by atoms with Gasteiger partial charge in [-0.25, -0.2) is 4.79 Å². The van der Waals surface area contributed by atoms with Crippen LogP contribution in [0.5, 0.6) is 0 Å². The van der Waals surface area contributed by atoms with Crippen molar-refractivity contribution in [3.8, 4) is 0 Å². The van der Waals surface area contributed by atoms with Crippen LogP contribution in [0.25, 0.3) is 0 Å². The Hall–Kier alpha value is -2.64. The number of aliphatic carboxylic acids is 1. The maximum atomic E-state index is 13.1. The van der Waals surface area contributed by atoms with Gasteiger partial charge in [0.05, 0.1) is 18.8 Å². The third kappa shape index (κ3) is 13.6. The first-order valence-corrected chi connectivity index (χ1v) is 14.6. The quantitative estimate of drug-likeness (QED) is 0.0449. The van der Waals surface area contributed by atoms with E-state index in [4.69, 9.17) is 11.5 Å². The van der Waals surface area contributed by atoms with Gasteiger partial charge in [-0.15, -0.1) is 0 Å². The molecule has 7 unspecified atom stereocenters. The van der Waals surface area contributed by atoms with Crippen molar-refractivity contribution >= 4 is 60.8 Å². The number of nitrogens with two attached hydrogens (primary N) is 2. The Kier molecular flexibility index (Phi) is 19.0. The lowest BCUT2D eigenvalue weighted by atomic mass is 10.0. The van der Waals surface area contributed by atoms with E-state index in [0.29, 0.717) is 19.4 Å². The molecule has 5 amide bonds. The summed E-state index contributed by atoms with van der Waals surface area (Å²) in [5.41, 5.74) is 11.0. The molecule has 0 saturated heterocycles. The topological polar surface area (TPSA) is 275 Å². The molecule has 0 bridgehead atoms. The van der Waals surface area contributed by atoms with Crippen molar-refractivity contribution < 1.29 is 44.1 Å². The summed E-state index contributed by atoms with van der Waals surface area (Å²) in [5, 5.41) is 40.9. The number of amides is 5. The molecule has 242 valence electrons. The van der Waals surface area contributed by atoms with Crippen LogP contribution in [-0.2, 0) is 28.8 Å². The number of nitrogens with one attached hydrogen (secondary N) is 5. The van der Waals surface area contributed by atoms with Crippen LogP contribution in [0.2, 0.25) is 0 Å². The predicted octanol–water partition coefficient (Wildman–Crippen LogP) is -4.16. The average Bonchev–Trinajstić information content (AvgIpc) is 2.93. The molecule has 0 aromatic rings. The van der Waals surface area contributed by atoms with Gasteiger partial charge in [0.1, 0.15) is 30.2 Å². The van der Waals surface area contributed by atoms with Gasteiger partial charge in [-0.05, 0) is 38.6 Å². The van der Waals surface area contributed by atoms with Crippen LogP contribution in [0, 0.1) is 5.92 Å². The number of aliphatic hydroxyl groups is 2. The largest absolute Gasteiger partial charge is 0.480 e. The van der Waals surface area contributed by atoms with Crippen LogP contribution >= 0.6 is 25.3 Å². The maximum absolute atomic E-state index is 13.1. The van der Waals surface area contributed by atoms with Crippen LogP contribution in [0.1, 0.15) is 40.0 Å². The number of rotatable bonds is 20. The summed E-state index contributed by atoms with van der Waals surface area (Å²) in [4.78, 5) is 75.0. The van der Waals surface area contributed by atoms with Gasteiger partial charge in [0.25, 0.3) is 0 Å². The van der Waals surface area contributed by atoms with Crippen molar-refractivity contribution in [3.63, 3.8) is 0 Å². The lowest BCUT2D eigenvalue weighted by molar-refractivity contribution is -0.142. The van der Waals surface area contributed by atoms with Gasteiger partial charge in [-0.1, -0.05) is 13.8 Å². The summed E-state index contributed by atoms with van der Waals surface area (Å²) < 4.78 is 0. The third-order valence-electron chi connectivity index (χ3n) is 6.04.